The number of rotatable bonds is 7. The number of nitrogens with one attached hydrogen (secondary N) is 3. The van der Waals surface area contributed by atoms with Crippen LogP contribution in [0.5, 0.6) is 0 Å². The third-order valence-corrected chi connectivity index (χ3v) is 11.5. The zero-order valence-corrected chi connectivity index (χ0v) is 31.7. The summed E-state index contributed by atoms with van der Waals surface area (Å²) in [5.41, 5.74) is 0.760. The van der Waals surface area contributed by atoms with Crippen LogP contribution >= 0.6 is 11.3 Å². The molecule has 290 valence electrons. The number of amides is 6. The average Bonchev–Trinajstić information content (AvgIpc) is 3.94. The summed E-state index contributed by atoms with van der Waals surface area (Å²) >= 11 is 1.31. The summed E-state index contributed by atoms with van der Waals surface area (Å²) < 4.78 is 5.94. The Balaban J connectivity index is 1.33. The largest absolute Gasteiger partial charge is 0.458 e. The van der Waals surface area contributed by atoms with E-state index in [1.54, 1.807) is 18.5 Å². The Kier molecular flexibility index (Phi) is 12.3. The van der Waals surface area contributed by atoms with Crippen molar-refractivity contribution in [3.63, 3.8) is 0 Å². The molecule has 0 bridgehead atoms. The SMILES string of the molecule is C[C@@H]1C[C@H]2C(=O)O[C@@H](C)[C@H](NC(=O)[C@H](Cc3ccccc3)NC(=O)Cc3nccs3)C(=O)N3CCC[C@H]3C(=O)N3CCCC[C@H]3C(=O)N[C@@H](C)C(=O)N2C1. The fraction of sp³-hybridized carbons (Fsp3) is 0.579. The molecule has 1 aromatic carbocycles. The second-order valence-corrected chi connectivity index (χ2v) is 15.8. The number of hydrogen-bond donors (Lipinski definition) is 3. The van der Waals surface area contributed by atoms with E-state index in [0.717, 1.165) is 5.56 Å². The number of esters is 1. The van der Waals surface area contributed by atoms with Gasteiger partial charge in [0.05, 0.1) is 6.42 Å². The van der Waals surface area contributed by atoms with E-state index >= 15 is 0 Å². The van der Waals surface area contributed by atoms with Crippen molar-refractivity contribution in [1.82, 2.24) is 35.6 Å². The van der Waals surface area contributed by atoms with Crippen LogP contribution in [0.3, 0.4) is 0 Å². The topological polar surface area (TPSA) is 187 Å². The van der Waals surface area contributed by atoms with E-state index in [2.05, 4.69) is 20.9 Å². The highest BCUT2D eigenvalue weighted by Crippen LogP contribution is 2.28. The van der Waals surface area contributed by atoms with Crippen molar-refractivity contribution in [3.05, 3.63) is 52.5 Å². The minimum absolute atomic E-state index is 0.0483. The first-order valence-corrected chi connectivity index (χ1v) is 19.7. The summed E-state index contributed by atoms with van der Waals surface area (Å²) in [5.74, 6) is -3.84. The lowest BCUT2D eigenvalue weighted by Crippen LogP contribution is -2.63. The monoisotopic (exact) mass is 763 g/mol. The molecule has 4 aliphatic rings. The van der Waals surface area contributed by atoms with Gasteiger partial charge in [-0.3, -0.25) is 28.8 Å². The highest BCUT2D eigenvalue weighted by atomic mass is 32.1. The standard InChI is InChI=1S/C38H49N7O8S/c1-22-18-29-38(52)53-24(3)32(42-33(47)26(19-25-10-5-4-6-11-25)41-30(46)20-31-39-14-17-54-31)37(51)44-16-9-13-28(44)36(50)43-15-8-7-12-27(43)34(48)40-23(2)35(49)45(29)21-22/h4-6,10-11,14,17,22-24,26-29,32H,7-9,12-13,15-16,18-21H2,1-3H3,(H,40,48)(H,41,46)(H,42,47)/t22-,23+,24+,26+,27+,28+,29+,32+/m1/s1. The van der Waals surface area contributed by atoms with Crippen LogP contribution in [0.25, 0.3) is 0 Å². The second kappa shape index (κ2) is 17.1. The van der Waals surface area contributed by atoms with Gasteiger partial charge in [0.1, 0.15) is 47.4 Å². The maximum Gasteiger partial charge on any atom is 0.329 e. The zero-order valence-electron chi connectivity index (χ0n) is 30.9. The Bertz CT molecular complexity index is 1720. The Morgan fingerprint density at radius 3 is 2.37 bits per heavy atom. The normalized spacial score (nSPS) is 28.8. The molecule has 16 heteroatoms. The zero-order chi connectivity index (χ0) is 38.5. The van der Waals surface area contributed by atoms with E-state index in [0.29, 0.717) is 50.1 Å². The first kappa shape index (κ1) is 38.9. The molecule has 4 aliphatic heterocycles. The van der Waals surface area contributed by atoms with Crippen LogP contribution in [0.2, 0.25) is 0 Å². The van der Waals surface area contributed by atoms with Crippen molar-refractivity contribution in [2.24, 2.45) is 5.92 Å². The quantitative estimate of drug-likeness (QED) is 0.346. The number of benzene rings is 1. The molecule has 1 aromatic heterocycles. The Morgan fingerprint density at radius 2 is 1.63 bits per heavy atom. The molecular weight excluding hydrogens is 715 g/mol. The molecule has 0 saturated carbocycles. The maximum atomic E-state index is 14.6. The maximum absolute atomic E-state index is 14.6. The van der Waals surface area contributed by atoms with Crippen LogP contribution in [-0.4, -0.2) is 123 Å². The summed E-state index contributed by atoms with van der Waals surface area (Å²) in [7, 11) is 0. The van der Waals surface area contributed by atoms with Crippen LogP contribution < -0.4 is 16.0 Å². The number of piperidine rings is 1. The molecule has 4 fully saturated rings. The molecule has 5 heterocycles. The van der Waals surface area contributed by atoms with Crippen molar-refractivity contribution in [1.29, 1.82) is 0 Å². The van der Waals surface area contributed by atoms with Crippen LogP contribution in [-0.2, 0) is 51.1 Å². The molecule has 0 aliphatic carbocycles. The molecular formula is C38H49N7O8S. The molecule has 4 saturated heterocycles. The summed E-state index contributed by atoms with van der Waals surface area (Å²) in [6.07, 6.45) is 3.37. The molecule has 15 nitrogen and oxygen atoms in total. The van der Waals surface area contributed by atoms with Crippen LogP contribution in [0, 0.1) is 5.92 Å². The lowest BCUT2D eigenvalue weighted by atomic mass is 9.99. The molecule has 3 N–H and O–H groups in total. The van der Waals surface area contributed by atoms with Crippen molar-refractivity contribution in [3.8, 4) is 0 Å². The second-order valence-electron chi connectivity index (χ2n) is 14.9. The molecule has 0 radical (unpaired) electrons. The minimum Gasteiger partial charge on any atom is -0.458 e. The number of thiazole rings is 1. The first-order chi connectivity index (χ1) is 25.9. The number of fused-ring (bicyclic) bond motifs is 3. The van der Waals surface area contributed by atoms with Crippen molar-refractivity contribution in [2.75, 3.05) is 19.6 Å². The van der Waals surface area contributed by atoms with Gasteiger partial charge < -0.3 is 35.4 Å². The van der Waals surface area contributed by atoms with Gasteiger partial charge in [-0.2, -0.15) is 0 Å². The van der Waals surface area contributed by atoms with Gasteiger partial charge in [0.15, 0.2) is 0 Å². The number of cyclic esters (lactones) is 1. The van der Waals surface area contributed by atoms with Crippen LogP contribution in [0.15, 0.2) is 41.9 Å². The fourth-order valence-corrected chi connectivity index (χ4v) is 8.62. The van der Waals surface area contributed by atoms with E-state index in [1.807, 2.05) is 37.3 Å². The Labute approximate surface area is 318 Å². The van der Waals surface area contributed by atoms with Gasteiger partial charge in [0.2, 0.25) is 35.4 Å². The van der Waals surface area contributed by atoms with Crippen molar-refractivity contribution >= 4 is 52.7 Å². The van der Waals surface area contributed by atoms with Gasteiger partial charge in [0.25, 0.3) is 0 Å². The van der Waals surface area contributed by atoms with Gasteiger partial charge >= 0.3 is 5.97 Å². The van der Waals surface area contributed by atoms with Gasteiger partial charge in [-0.1, -0.05) is 37.3 Å². The first-order valence-electron chi connectivity index (χ1n) is 18.9. The summed E-state index contributed by atoms with van der Waals surface area (Å²) in [6, 6.07) is 2.85. The van der Waals surface area contributed by atoms with Gasteiger partial charge in [0, 0.05) is 37.6 Å². The Morgan fingerprint density at radius 1 is 0.907 bits per heavy atom. The summed E-state index contributed by atoms with van der Waals surface area (Å²) in [6.45, 7) is 5.76. The van der Waals surface area contributed by atoms with Crippen LogP contribution in [0.1, 0.15) is 69.9 Å². The fourth-order valence-electron chi connectivity index (χ4n) is 8.00. The highest BCUT2D eigenvalue weighted by molar-refractivity contribution is 7.09. The summed E-state index contributed by atoms with van der Waals surface area (Å²) in [5, 5.41) is 10.7. The van der Waals surface area contributed by atoms with Gasteiger partial charge in [-0.15, -0.1) is 11.3 Å². The smallest absolute Gasteiger partial charge is 0.329 e. The van der Waals surface area contributed by atoms with E-state index < -0.39 is 77.9 Å². The molecule has 2 aromatic rings. The highest BCUT2D eigenvalue weighted by Gasteiger charge is 2.47. The Hall–Kier alpha value is -4.86. The summed E-state index contributed by atoms with van der Waals surface area (Å²) in [4.78, 5) is 106. The van der Waals surface area contributed by atoms with E-state index in [9.17, 15) is 33.6 Å². The number of carbonyl (C=O) groups is 7. The van der Waals surface area contributed by atoms with Crippen LogP contribution in [0.4, 0.5) is 0 Å². The number of carbonyl (C=O) groups excluding carboxylic acids is 7. The number of nitrogens with zero attached hydrogens (tertiary/aromatic N) is 4. The molecule has 6 amide bonds. The molecule has 54 heavy (non-hydrogen) atoms. The van der Waals surface area contributed by atoms with E-state index in [1.165, 1.54) is 33.0 Å². The van der Waals surface area contributed by atoms with Gasteiger partial charge in [-0.25, -0.2) is 9.78 Å². The molecule has 0 unspecified atom stereocenters. The lowest BCUT2D eigenvalue weighted by Gasteiger charge is -2.39. The third-order valence-electron chi connectivity index (χ3n) is 10.8. The third kappa shape index (κ3) is 8.74. The number of aromatic nitrogens is 1. The van der Waals surface area contributed by atoms with Crippen molar-refractivity contribution < 1.29 is 38.3 Å². The predicted octanol–water partition coefficient (Wildman–Crippen LogP) is 0.957. The van der Waals surface area contributed by atoms with E-state index in [-0.39, 0.29) is 37.8 Å². The molecule has 6 rings (SSSR count). The van der Waals surface area contributed by atoms with Gasteiger partial charge in [-0.05, 0) is 63.9 Å². The molecule has 8 atom stereocenters. The number of hydrogen-bond acceptors (Lipinski definition) is 10. The minimum atomic E-state index is -1.45. The lowest BCUT2D eigenvalue weighted by molar-refractivity contribution is -0.163. The average molecular weight is 764 g/mol. The number of ether oxygens (including phenoxy) is 1. The van der Waals surface area contributed by atoms with E-state index in [4.69, 9.17) is 4.74 Å². The molecule has 0 spiro atoms. The predicted molar refractivity (Wildman–Crippen MR) is 196 cm³/mol. The van der Waals surface area contributed by atoms with Crippen molar-refractivity contribution in [2.45, 2.75) is 114 Å².